The van der Waals surface area contributed by atoms with Crippen molar-refractivity contribution in [2.45, 2.75) is 6.54 Å². The Labute approximate surface area is 146 Å². The number of carbonyl (C=O) groups excluding carboxylic acids is 1. The summed E-state index contributed by atoms with van der Waals surface area (Å²) in [5.74, 6) is 0.486. The monoisotopic (exact) mass is 333 g/mol. The zero-order chi connectivity index (χ0) is 17.5. The Hall–Kier alpha value is -3.34. The maximum Gasteiger partial charge on any atom is 0.255 e. The van der Waals surface area contributed by atoms with Crippen molar-refractivity contribution >= 4 is 17.3 Å². The number of benzene rings is 2. The van der Waals surface area contributed by atoms with Crippen molar-refractivity contribution in [2.75, 3.05) is 17.7 Å². The molecule has 5 heteroatoms. The van der Waals surface area contributed by atoms with Gasteiger partial charge in [-0.25, -0.2) is 0 Å². The number of pyridine rings is 1. The van der Waals surface area contributed by atoms with E-state index >= 15 is 0 Å². The van der Waals surface area contributed by atoms with Crippen molar-refractivity contribution in [3.05, 3.63) is 84.2 Å². The number of amides is 1. The molecule has 126 valence electrons. The van der Waals surface area contributed by atoms with Crippen molar-refractivity contribution in [3.63, 3.8) is 0 Å². The molecule has 0 spiro atoms. The Balaban J connectivity index is 1.59. The quantitative estimate of drug-likeness (QED) is 0.717. The fraction of sp³-hybridized carbons (Fsp3) is 0.100. The van der Waals surface area contributed by atoms with Crippen molar-refractivity contribution in [1.82, 2.24) is 4.98 Å². The zero-order valence-corrected chi connectivity index (χ0v) is 13.9. The van der Waals surface area contributed by atoms with Gasteiger partial charge in [0.25, 0.3) is 5.91 Å². The number of aromatic nitrogens is 1. The predicted molar refractivity (Wildman–Crippen MR) is 99.0 cm³/mol. The highest BCUT2D eigenvalue weighted by molar-refractivity contribution is 6.04. The van der Waals surface area contributed by atoms with E-state index in [1.807, 2.05) is 36.4 Å². The van der Waals surface area contributed by atoms with E-state index in [1.54, 1.807) is 43.8 Å². The smallest absolute Gasteiger partial charge is 0.255 e. The molecule has 0 bridgehead atoms. The predicted octanol–water partition coefficient (Wildman–Crippen LogP) is 3.95. The van der Waals surface area contributed by atoms with E-state index < -0.39 is 0 Å². The van der Waals surface area contributed by atoms with Crippen LogP contribution in [-0.4, -0.2) is 18.0 Å². The largest absolute Gasteiger partial charge is 0.497 e. The van der Waals surface area contributed by atoms with Crippen LogP contribution in [0.3, 0.4) is 0 Å². The van der Waals surface area contributed by atoms with E-state index in [0.29, 0.717) is 11.3 Å². The molecule has 0 aliphatic carbocycles. The van der Waals surface area contributed by atoms with Gasteiger partial charge in [0.05, 0.1) is 7.11 Å². The average Bonchev–Trinajstić information content (AvgIpc) is 2.68. The molecule has 0 radical (unpaired) electrons. The van der Waals surface area contributed by atoms with Gasteiger partial charge >= 0.3 is 0 Å². The molecule has 0 saturated heterocycles. The third kappa shape index (κ3) is 4.57. The van der Waals surface area contributed by atoms with E-state index in [0.717, 1.165) is 23.5 Å². The van der Waals surface area contributed by atoms with Crippen molar-refractivity contribution in [2.24, 2.45) is 0 Å². The number of anilines is 2. The van der Waals surface area contributed by atoms with Gasteiger partial charge in [0, 0.05) is 35.9 Å². The second-order valence-electron chi connectivity index (χ2n) is 5.47. The normalized spacial score (nSPS) is 10.1. The van der Waals surface area contributed by atoms with Crippen molar-refractivity contribution < 1.29 is 9.53 Å². The van der Waals surface area contributed by atoms with Gasteiger partial charge in [-0.2, -0.15) is 0 Å². The molecule has 5 nitrogen and oxygen atoms in total. The minimum Gasteiger partial charge on any atom is -0.497 e. The highest BCUT2D eigenvalue weighted by Gasteiger charge is 2.07. The molecule has 25 heavy (non-hydrogen) atoms. The molecule has 2 N–H and O–H groups in total. The lowest BCUT2D eigenvalue weighted by molar-refractivity contribution is 0.102. The van der Waals surface area contributed by atoms with E-state index in [4.69, 9.17) is 4.74 Å². The summed E-state index contributed by atoms with van der Waals surface area (Å²) in [7, 11) is 1.58. The average molecular weight is 333 g/mol. The summed E-state index contributed by atoms with van der Waals surface area (Å²) in [6.07, 6.45) is 3.54. The number of hydrogen-bond donors (Lipinski definition) is 2. The van der Waals surface area contributed by atoms with E-state index in [-0.39, 0.29) is 5.91 Å². The molecule has 1 aromatic heterocycles. The maximum atomic E-state index is 12.3. The molecule has 3 rings (SSSR count). The summed E-state index contributed by atoms with van der Waals surface area (Å²) in [5, 5.41) is 6.21. The van der Waals surface area contributed by atoms with Gasteiger partial charge in [-0.15, -0.1) is 0 Å². The lowest BCUT2D eigenvalue weighted by Gasteiger charge is -2.09. The Morgan fingerprint density at radius 2 is 1.72 bits per heavy atom. The second-order valence-corrected chi connectivity index (χ2v) is 5.47. The van der Waals surface area contributed by atoms with Gasteiger partial charge in [-0.05, 0) is 60.2 Å². The fourth-order valence-corrected chi connectivity index (χ4v) is 2.34. The van der Waals surface area contributed by atoms with Crippen LogP contribution in [0.4, 0.5) is 11.4 Å². The third-order valence-corrected chi connectivity index (χ3v) is 3.72. The highest BCUT2D eigenvalue weighted by atomic mass is 16.5. The molecule has 3 aromatic rings. The lowest BCUT2D eigenvalue weighted by Crippen LogP contribution is -2.11. The van der Waals surface area contributed by atoms with Crippen LogP contribution in [0.25, 0.3) is 0 Å². The SMILES string of the molecule is COc1cccc(C(=O)Nc2ccc(NCc3ccncc3)cc2)c1. The van der Waals surface area contributed by atoms with Crippen LogP contribution in [0, 0.1) is 0 Å². The summed E-state index contributed by atoms with van der Waals surface area (Å²) in [6, 6.07) is 18.6. The first-order chi connectivity index (χ1) is 12.2. The molecule has 0 saturated carbocycles. The molecule has 0 fully saturated rings. The minimum absolute atomic E-state index is 0.170. The van der Waals surface area contributed by atoms with Gasteiger partial charge in [0.2, 0.25) is 0 Å². The molecule has 0 unspecified atom stereocenters. The minimum atomic E-state index is -0.170. The first-order valence-corrected chi connectivity index (χ1v) is 7.93. The van der Waals surface area contributed by atoms with Crippen LogP contribution in [0.5, 0.6) is 5.75 Å². The second kappa shape index (κ2) is 7.97. The standard InChI is InChI=1S/C20H19N3O2/c1-25-19-4-2-3-16(13-19)20(24)23-18-7-5-17(6-8-18)22-14-15-9-11-21-12-10-15/h2-13,22H,14H2,1H3,(H,23,24). The lowest BCUT2D eigenvalue weighted by atomic mass is 10.2. The van der Waals surface area contributed by atoms with E-state index in [2.05, 4.69) is 15.6 Å². The van der Waals surface area contributed by atoms with E-state index in [1.165, 1.54) is 0 Å². The van der Waals surface area contributed by atoms with Crippen LogP contribution in [0.15, 0.2) is 73.1 Å². The van der Waals surface area contributed by atoms with Crippen LogP contribution >= 0.6 is 0 Å². The summed E-state index contributed by atoms with van der Waals surface area (Å²) >= 11 is 0. The number of carbonyl (C=O) groups is 1. The molecule has 1 heterocycles. The number of rotatable bonds is 6. The topological polar surface area (TPSA) is 63.2 Å². The van der Waals surface area contributed by atoms with Crippen LogP contribution < -0.4 is 15.4 Å². The van der Waals surface area contributed by atoms with Crippen LogP contribution in [0.1, 0.15) is 15.9 Å². The fourth-order valence-electron chi connectivity index (χ4n) is 2.34. The summed E-state index contributed by atoms with van der Waals surface area (Å²) in [4.78, 5) is 16.3. The molecular formula is C20H19N3O2. The number of hydrogen-bond acceptors (Lipinski definition) is 4. The number of methoxy groups -OCH3 is 1. The molecule has 2 aromatic carbocycles. The van der Waals surface area contributed by atoms with Gasteiger partial charge in [0.15, 0.2) is 0 Å². The zero-order valence-electron chi connectivity index (χ0n) is 13.9. The summed E-state index contributed by atoms with van der Waals surface area (Å²) < 4.78 is 5.14. The van der Waals surface area contributed by atoms with Crippen LogP contribution in [0.2, 0.25) is 0 Å². The van der Waals surface area contributed by atoms with Gasteiger partial charge in [-0.1, -0.05) is 6.07 Å². The van der Waals surface area contributed by atoms with E-state index in [9.17, 15) is 4.79 Å². The molecule has 0 atom stereocenters. The third-order valence-electron chi connectivity index (χ3n) is 3.72. The molecule has 0 aliphatic rings. The van der Waals surface area contributed by atoms with Crippen LogP contribution in [-0.2, 0) is 6.54 Å². The molecule has 1 amide bonds. The van der Waals surface area contributed by atoms with Gasteiger partial charge < -0.3 is 15.4 Å². The number of nitrogens with zero attached hydrogens (tertiary/aromatic N) is 1. The summed E-state index contributed by atoms with van der Waals surface area (Å²) in [5.41, 5.74) is 3.43. The van der Waals surface area contributed by atoms with Gasteiger partial charge in [-0.3, -0.25) is 9.78 Å². The number of ether oxygens (including phenoxy) is 1. The first-order valence-electron chi connectivity index (χ1n) is 7.93. The Morgan fingerprint density at radius 3 is 2.44 bits per heavy atom. The van der Waals surface area contributed by atoms with Crippen molar-refractivity contribution in [1.29, 1.82) is 0 Å². The van der Waals surface area contributed by atoms with Crippen molar-refractivity contribution in [3.8, 4) is 5.75 Å². The highest BCUT2D eigenvalue weighted by Crippen LogP contribution is 2.17. The number of nitrogens with one attached hydrogen (secondary N) is 2. The first kappa shape index (κ1) is 16.5. The maximum absolute atomic E-state index is 12.3. The Kier molecular flexibility index (Phi) is 5.26. The van der Waals surface area contributed by atoms with Gasteiger partial charge in [0.1, 0.15) is 5.75 Å². The Morgan fingerprint density at radius 1 is 1.00 bits per heavy atom. The Bertz CT molecular complexity index is 833. The summed E-state index contributed by atoms with van der Waals surface area (Å²) in [6.45, 7) is 0.720. The molecule has 0 aliphatic heterocycles. The molecular weight excluding hydrogens is 314 g/mol.